The number of unbranched alkanes of at least 4 members (excludes halogenated alkanes) is 18. The molecule has 0 unspecified atom stereocenters. The number of quaternary nitrogens is 1. The predicted octanol–water partition coefficient (Wildman–Crippen LogP) is 8.73. The van der Waals surface area contributed by atoms with Gasteiger partial charge in [0.05, 0.1) is 24.7 Å². The number of hydrogen-bond acceptors (Lipinski definition) is 2. The molecule has 0 aromatic rings. The van der Waals surface area contributed by atoms with E-state index in [9.17, 15) is 9.90 Å². The molecule has 0 bridgehead atoms. The Morgan fingerprint density at radius 2 is 0.857 bits per heavy atom. The van der Waals surface area contributed by atoms with Crippen LogP contribution in [0.15, 0.2) is 0 Å². The van der Waals surface area contributed by atoms with Gasteiger partial charge in [-0.1, -0.05) is 103 Å². The van der Waals surface area contributed by atoms with Gasteiger partial charge in [-0.25, -0.2) is 0 Å². The van der Waals surface area contributed by atoms with Gasteiger partial charge in [-0.3, -0.25) is 0 Å². The van der Waals surface area contributed by atoms with Gasteiger partial charge < -0.3 is 14.4 Å². The number of likely N-dealkylation sites (tertiary alicyclic amines) is 1. The summed E-state index contributed by atoms with van der Waals surface area (Å²) in [6.07, 6.45) is 29.8. The Kier molecular flexibility index (Phi) is 16.5. The summed E-state index contributed by atoms with van der Waals surface area (Å²) < 4.78 is 1.26. The van der Waals surface area contributed by atoms with Gasteiger partial charge in [-0.05, 0) is 59.8 Å². The minimum Gasteiger partial charge on any atom is -0.550 e. The Hall–Kier alpha value is -0.570. The fraction of sp³-hybridized carbons (Fsp3) is 0.969. The van der Waals surface area contributed by atoms with Crippen LogP contribution in [0.1, 0.15) is 175 Å². The van der Waals surface area contributed by atoms with Crippen LogP contribution in [0, 0.1) is 0 Å². The van der Waals surface area contributed by atoms with Crippen molar-refractivity contribution < 1.29 is 14.4 Å². The zero-order chi connectivity index (χ0) is 26.0. The highest BCUT2D eigenvalue weighted by Crippen LogP contribution is 2.44. The Labute approximate surface area is 220 Å². The summed E-state index contributed by atoms with van der Waals surface area (Å²) >= 11 is 0. The molecule has 1 rings (SSSR count). The van der Waals surface area contributed by atoms with E-state index in [1.54, 1.807) is 0 Å². The van der Waals surface area contributed by atoms with E-state index in [2.05, 4.69) is 34.7 Å². The van der Waals surface area contributed by atoms with Crippen LogP contribution >= 0.6 is 0 Å². The standard InChI is InChI=1S/C32H63NO2/c1-31(2)27-25-28-32(3,4)33(31,5)29-24-22-20-18-16-14-12-10-8-6-7-9-11-13-15-17-19-21-23-26-30(34)35/h6-29H2,1-5H3. The molecule has 0 N–H and O–H groups in total. The molecule has 3 nitrogen and oxygen atoms in total. The summed E-state index contributed by atoms with van der Waals surface area (Å²) in [5.74, 6) is -0.900. The number of aliphatic carboxylic acids is 1. The van der Waals surface area contributed by atoms with E-state index in [0.717, 1.165) is 12.8 Å². The third kappa shape index (κ3) is 13.0. The van der Waals surface area contributed by atoms with Gasteiger partial charge in [-0.2, -0.15) is 0 Å². The van der Waals surface area contributed by atoms with Crippen molar-refractivity contribution in [2.24, 2.45) is 0 Å². The largest absolute Gasteiger partial charge is 0.550 e. The third-order valence-electron chi connectivity index (χ3n) is 9.74. The lowest BCUT2D eigenvalue weighted by Gasteiger charge is -2.60. The van der Waals surface area contributed by atoms with E-state index in [0.29, 0.717) is 11.1 Å². The monoisotopic (exact) mass is 493 g/mol. The van der Waals surface area contributed by atoms with Crippen molar-refractivity contribution in [2.75, 3.05) is 13.6 Å². The molecule has 1 fully saturated rings. The fourth-order valence-electron chi connectivity index (χ4n) is 6.57. The molecule has 0 aromatic carbocycles. The van der Waals surface area contributed by atoms with E-state index in [1.165, 1.54) is 139 Å². The second kappa shape index (κ2) is 17.8. The van der Waals surface area contributed by atoms with E-state index < -0.39 is 5.97 Å². The van der Waals surface area contributed by atoms with Crippen molar-refractivity contribution >= 4 is 5.97 Å². The molecule has 0 atom stereocenters. The van der Waals surface area contributed by atoms with Crippen molar-refractivity contribution in [3.63, 3.8) is 0 Å². The van der Waals surface area contributed by atoms with Gasteiger partial charge >= 0.3 is 0 Å². The lowest BCUT2D eigenvalue weighted by molar-refractivity contribution is -1.00. The van der Waals surface area contributed by atoms with E-state index >= 15 is 0 Å². The maximum atomic E-state index is 10.4. The number of carbonyl (C=O) groups is 1. The van der Waals surface area contributed by atoms with Gasteiger partial charge in [0, 0.05) is 18.8 Å². The Morgan fingerprint density at radius 1 is 0.571 bits per heavy atom. The number of carboxylic acid groups (broad SMARTS) is 1. The topological polar surface area (TPSA) is 40.1 Å². The van der Waals surface area contributed by atoms with Gasteiger partial charge in [-0.15, -0.1) is 0 Å². The molecule has 3 heteroatoms. The Morgan fingerprint density at radius 3 is 1.17 bits per heavy atom. The molecule has 0 radical (unpaired) electrons. The second-order valence-corrected chi connectivity index (χ2v) is 13.2. The van der Waals surface area contributed by atoms with Gasteiger partial charge in [0.1, 0.15) is 0 Å². The first-order chi connectivity index (χ1) is 16.6. The molecule has 0 amide bonds. The van der Waals surface area contributed by atoms with Crippen LogP contribution in [0.2, 0.25) is 0 Å². The van der Waals surface area contributed by atoms with Crippen LogP contribution in [0.4, 0.5) is 0 Å². The van der Waals surface area contributed by atoms with E-state index in [1.807, 2.05) is 0 Å². The molecule has 1 aliphatic rings. The van der Waals surface area contributed by atoms with Crippen LogP contribution in [-0.4, -0.2) is 35.1 Å². The number of rotatable bonds is 22. The molecule has 208 valence electrons. The Bertz CT molecular complexity index is 524. The van der Waals surface area contributed by atoms with Gasteiger partial charge in [0.2, 0.25) is 0 Å². The lowest BCUT2D eigenvalue weighted by Crippen LogP contribution is -2.71. The van der Waals surface area contributed by atoms with E-state index in [4.69, 9.17) is 0 Å². The maximum absolute atomic E-state index is 10.4. The van der Waals surface area contributed by atoms with Crippen LogP contribution in [-0.2, 0) is 4.79 Å². The number of nitrogens with zero attached hydrogens (tertiary/aromatic N) is 1. The van der Waals surface area contributed by atoms with Crippen LogP contribution < -0.4 is 5.11 Å². The second-order valence-electron chi connectivity index (χ2n) is 13.2. The molecule has 35 heavy (non-hydrogen) atoms. The number of piperidine rings is 1. The summed E-state index contributed by atoms with van der Waals surface area (Å²) in [5, 5.41) is 10.4. The molecule has 1 aliphatic heterocycles. The SMILES string of the molecule is CC1(C)CCCC(C)(C)[N+]1(C)CCCCCCCCCCCCCCCCCCCCCC(=O)[O-]. The normalized spacial score (nSPS) is 18.5. The molecule has 0 spiro atoms. The first kappa shape index (κ1) is 32.5. The van der Waals surface area contributed by atoms with Gasteiger partial charge in [0.25, 0.3) is 0 Å². The van der Waals surface area contributed by atoms with Crippen molar-refractivity contribution in [3.8, 4) is 0 Å². The minimum atomic E-state index is -0.900. The van der Waals surface area contributed by atoms with Crippen molar-refractivity contribution in [1.82, 2.24) is 0 Å². The molecule has 1 heterocycles. The molecule has 0 aromatic heterocycles. The van der Waals surface area contributed by atoms with E-state index in [-0.39, 0.29) is 6.42 Å². The molecule has 0 saturated carbocycles. The first-order valence-electron chi connectivity index (χ1n) is 15.7. The van der Waals surface area contributed by atoms with Crippen molar-refractivity contribution in [3.05, 3.63) is 0 Å². The predicted molar refractivity (Wildman–Crippen MR) is 150 cm³/mol. The average Bonchev–Trinajstić information content (AvgIpc) is 2.78. The van der Waals surface area contributed by atoms with Gasteiger partial charge in [0.15, 0.2) is 0 Å². The highest BCUT2D eigenvalue weighted by molar-refractivity contribution is 5.64. The van der Waals surface area contributed by atoms with Crippen LogP contribution in [0.3, 0.4) is 0 Å². The number of hydrogen-bond donors (Lipinski definition) is 0. The quantitative estimate of drug-likeness (QED) is 0.112. The number of carboxylic acids is 1. The van der Waals surface area contributed by atoms with Crippen molar-refractivity contribution in [2.45, 2.75) is 186 Å². The van der Waals surface area contributed by atoms with Crippen LogP contribution in [0.25, 0.3) is 0 Å². The summed E-state index contributed by atoms with van der Waals surface area (Å²) in [7, 11) is 2.53. The smallest absolute Gasteiger partial charge is 0.0937 e. The number of carbonyl (C=O) groups excluding carboxylic acids is 1. The summed E-state index contributed by atoms with van der Waals surface area (Å²) in [6, 6.07) is 0. The third-order valence-corrected chi connectivity index (χ3v) is 9.74. The molecule has 0 aliphatic carbocycles. The minimum absolute atomic E-state index is 0.233. The van der Waals surface area contributed by atoms with Crippen molar-refractivity contribution in [1.29, 1.82) is 0 Å². The zero-order valence-electron chi connectivity index (χ0n) is 24.7. The average molecular weight is 494 g/mol. The zero-order valence-corrected chi connectivity index (χ0v) is 24.7. The van der Waals surface area contributed by atoms with Crippen LogP contribution in [0.5, 0.6) is 0 Å². The highest BCUT2D eigenvalue weighted by atomic mass is 16.4. The highest BCUT2D eigenvalue weighted by Gasteiger charge is 2.52. The summed E-state index contributed by atoms with van der Waals surface area (Å²) in [4.78, 5) is 10.4. The molecule has 1 saturated heterocycles. The lowest BCUT2D eigenvalue weighted by atomic mass is 9.76. The molecular formula is C32H63NO2. The first-order valence-corrected chi connectivity index (χ1v) is 15.7. The fourth-order valence-corrected chi connectivity index (χ4v) is 6.57. The summed E-state index contributed by atoms with van der Waals surface area (Å²) in [6.45, 7) is 11.4. The molecular weight excluding hydrogens is 430 g/mol. The maximum Gasteiger partial charge on any atom is 0.0937 e. The Balaban J connectivity index is 1.84. The summed E-state index contributed by atoms with van der Waals surface area (Å²) in [5.41, 5.74) is 0.845.